The van der Waals surface area contributed by atoms with Crippen LogP contribution in [0.1, 0.15) is 37.1 Å². The summed E-state index contributed by atoms with van der Waals surface area (Å²) in [6.45, 7) is 5.49. The first-order chi connectivity index (χ1) is 14.7. The lowest BCUT2D eigenvalue weighted by molar-refractivity contribution is 0.299. The molecule has 1 fully saturated rings. The zero-order valence-corrected chi connectivity index (χ0v) is 18.0. The highest BCUT2D eigenvalue weighted by molar-refractivity contribution is 5.85. The molecule has 0 saturated carbocycles. The molecule has 0 aliphatic carbocycles. The van der Waals surface area contributed by atoms with Crippen molar-refractivity contribution in [2.24, 2.45) is 4.99 Å². The van der Waals surface area contributed by atoms with Crippen molar-refractivity contribution in [1.82, 2.24) is 30.4 Å². The summed E-state index contributed by atoms with van der Waals surface area (Å²) in [4.78, 5) is 18.5. The Morgan fingerprint density at radius 1 is 1.27 bits per heavy atom. The number of anilines is 1. The number of aliphatic imine (C=N–C) groups is 1. The van der Waals surface area contributed by atoms with Gasteiger partial charge in [0.2, 0.25) is 0 Å². The number of hydrogen-bond donors (Lipinski definition) is 2. The van der Waals surface area contributed by atoms with Crippen LogP contribution in [0, 0.1) is 0 Å². The molecule has 0 amide bonds. The maximum absolute atomic E-state index is 5.00. The molecule has 4 rings (SSSR count). The van der Waals surface area contributed by atoms with Crippen LogP contribution in [0.15, 0.2) is 41.7 Å². The third kappa shape index (κ3) is 4.37. The van der Waals surface area contributed by atoms with Gasteiger partial charge in [-0.1, -0.05) is 18.2 Å². The Bertz CT molecular complexity index is 988. The molecule has 0 radical (unpaired) electrons. The number of H-pyrrole nitrogens is 1. The van der Waals surface area contributed by atoms with Gasteiger partial charge < -0.3 is 15.1 Å². The fourth-order valence-electron chi connectivity index (χ4n) is 3.95. The number of nitrogens with zero attached hydrogens (tertiary/aromatic N) is 6. The van der Waals surface area contributed by atoms with Crippen LogP contribution >= 0.6 is 0 Å². The third-order valence-electron chi connectivity index (χ3n) is 5.60. The molecule has 0 atom stereocenters. The topological polar surface area (TPSA) is 85.3 Å². The van der Waals surface area contributed by atoms with E-state index in [4.69, 9.17) is 9.98 Å². The van der Waals surface area contributed by atoms with E-state index in [-0.39, 0.29) is 0 Å². The van der Waals surface area contributed by atoms with E-state index in [9.17, 15) is 0 Å². The van der Waals surface area contributed by atoms with Gasteiger partial charge in [-0.05, 0) is 37.5 Å². The van der Waals surface area contributed by atoms with Crippen molar-refractivity contribution in [3.8, 4) is 0 Å². The number of benzene rings is 1. The lowest BCUT2D eigenvalue weighted by atomic mass is 9.96. The number of fused-ring (bicyclic) bond motifs is 1. The number of aromatic nitrogens is 4. The summed E-state index contributed by atoms with van der Waals surface area (Å²) >= 11 is 0. The average Bonchev–Trinajstić information content (AvgIpc) is 3.31. The van der Waals surface area contributed by atoms with Gasteiger partial charge in [-0.3, -0.25) is 5.10 Å². The number of piperidine rings is 1. The number of aromatic amines is 1. The zero-order chi connectivity index (χ0) is 20.9. The van der Waals surface area contributed by atoms with Crippen molar-refractivity contribution in [2.45, 2.75) is 32.2 Å². The Morgan fingerprint density at radius 2 is 2.07 bits per heavy atom. The molecule has 1 saturated heterocycles. The molecule has 1 aliphatic heterocycles. The van der Waals surface area contributed by atoms with Gasteiger partial charge >= 0.3 is 0 Å². The highest BCUT2D eigenvalue weighted by Crippen LogP contribution is 2.26. The van der Waals surface area contributed by atoms with Crippen LogP contribution in [-0.4, -0.2) is 64.8 Å². The highest BCUT2D eigenvalue weighted by atomic mass is 15.3. The quantitative estimate of drug-likeness (QED) is 0.501. The molecule has 158 valence electrons. The van der Waals surface area contributed by atoms with E-state index in [1.54, 1.807) is 6.33 Å². The molecule has 0 spiro atoms. The van der Waals surface area contributed by atoms with Gasteiger partial charge in [0.25, 0.3) is 0 Å². The van der Waals surface area contributed by atoms with Crippen LogP contribution < -0.4 is 10.2 Å². The minimum atomic E-state index is 0.443. The molecule has 1 aliphatic rings. The van der Waals surface area contributed by atoms with Crippen molar-refractivity contribution in [3.05, 3.63) is 48.0 Å². The van der Waals surface area contributed by atoms with E-state index in [0.29, 0.717) is 12.5 Å². The van der Waals surface area contributed by atoms with Crippen LogP contribution in [0.2, 0.25) is 0 Å². The zero-order valence-electron chi connectivity index (χ0n) is 18.0. The smallest absolute Gasteiger partial charge is 0.194 e. The van der Waals surface area contributed by atoms with Crippen molar-refractivity contribution in [2.75, 3.05) is 38.6 Å². The minimum absolute atomic E-state index is 0.443. The standard InChI is InChI=1S/C22H30N8/c1-4-23-22(30-11-9-16(10-12-30)21-25-15-26-28-21)24-14-17-13-20(29(2)3)27-19-8-6-5-7-18(17)19/h5-8,13,15-16H,4,9-12,14H2,1-3H3,(H,23,24)(H,25,26,28). The van der Waals surface area contributed by atoms with E-state index in [1.807, 2.05) is 25.1 Å². The fourth-order valence-corrected chi connectivity index (χ4v) is 3.95. The Balaban J connectivity index is 1.53. The van der Waals surface area contributed by atoms with Crippen molar-refractivity contribution >= 4 is 22.7 Å². The Labute approximate surface area is 177 Å². The molecule has 3 heterocycles. The predicted molar refractivity (Wildman–Crippen MR) is 121 cm³/mol. The van der Waals surface area contributed by atoms with Crippen LogP contribution in [0.3, 0.4) is 0 Å². The number of nitrogens with one attached hydrogen (secondary N) is 2. The molecule has 2 N–H and O–H groups in total. The average molecular weight is 407 g/mol. The van der Waals surface area contributed by atoms with E-state index in [0.717, 1.165) is 61.0 Å². The Kier molecular flexibility index (Phi) is 6.11. The largest absolute Gasteiger partial charge is 0.363 e. The summed E-state index contributed by atoms with van der Waals surface area (Å²) in [6.07, 6.45) is 3.68. The van der Waals surface area contributed by atoms with Crippen LogP contribution in [0.5, 0.6) is 0 Å². The predicted octanol–water partition coefficient (Wildman–Crippen LogP) is 2.76. The first-order valence-corrected chi connectivity index (χ1v) is 10.6. The number of guanidine groups is 1. The Morgan fingerprint density at radius 3 is 2.77 bits per heavy atom. The summed E-state index contributed by atoms with van der Waals surface area (Å²) in [6, 6.07) is 10.4. The second-order valence-corrected chi connectivity index (χ2v) is 7.85. The van der Waals surface area contributed by atoms with E-state index in [1.165, 1.54) is 5.56 Å². The van der Waals surface area contributed by atoms with E-state index in [2.05, 4.69) is 56.6 Å². The van der Waals surface area contributed by atoms with Gasteiger partial charge in [-0.2, -0.15) is 5.10 Å². The maximum atomic E-state index is 5.00. The SMILES string of the molecule is CCNC(=NCc1cc(N(C)C)nc2ccccc12)N1CCC(c2ncn[nH]2)CC1. The van der Waals surface area contributed by atoms with Gasteiger partial charge in [0, 0.05) is 45.0 Å². The molecule has 3 aromatic rings. The van der Waals surface area contributed by atoms with Crippen molar-refractivity contribution in [1.29, 1.82) is 0 Å². The van der Waals surface area contributed by atoms with Crippen molar-refractivity contribution in [3.63, 3.8) is 0 Å². The summed E-state index contributed by atoms with van der Waals surface area (Å²) in [5.74, 6) is 3.37. The number of rotatable bonds is 5. The normalized spacial score (nSPS) is 15.6. The van der Waals surface area contributed by atoms with E-state index >= 15 is 0 Å². The summed E-state index contributed by atoms with van der Waals surface area (Å²) in [5.41, 5.74) is 2.20. The second kappa shape index (κ2) is 9.11. The number of likely N-dealkylation sites (tertiary alicyclic amines) is 1. The second-order valence-electron chi connectivity index (χ2n) is 7.85. The van der Waals surface area contributed by atoms with Crippen LogP contribution in [0.25, 0.3) is 10.9 Å². The summed E-state index contributed by atoms with van der Waals surface area (Å²) < 4.78 is 0. The van der Waals surface area contributed by atoms with E-state index < -0.39 is 0 Å². The molecule has 8 heteroatoms. The van der Waals surface area contributed by atoms with Gasteiger partial charge in [0.1, 0.15) is 18.0 Å². The molecule has 0 bridgehead atoms. The minimum Gasteiger partial charge on any atom is -0.363 e. The molecular formula is C22H30N8. The Hall–Kier alpha value is -3.16. The highest BCUT2D eigenvalue weighted by Gasteiger charge is 2.24. The van der Waals surface area contributed by atoms with Crippen LogP contribution in [0.4, 0.5) is 5.82 Å². The molecule has 1 aromatic carbocycles. The first kappa shape index (κ1) is 20.1. The monoisotopic (exact) mass is 406 g/mol. The van der Waals surface area contributed by atoms with Gasteiger partial charge in [0.15, 0.2) is 5.96 Å². The van der Waals surface area contributed by atoms with Crippen LogP contribution in [-0.2, 0) is 6.54 Å². The summed E-state index contributed by atoms with van der Waals surface area (Å²) in [5, 5.41) is 11.6. The molecule has 30 heavy (non-hydrogen) atoms. The number of para-hydroxylation sites is 1. The molecule has 8 nitrogen and oxygen atoms in total. The summed E-state index contributed by atoms with van der Waals surface area (Å²) in [7, 11) is 4.04. The lowest BCUT2D eigenvalue weighted by Gasteiger charge is -2.33. The molecule has 0 unspecified atom stereocenters. The fraction of sp³-hybridized carbons (Fsp3) is 0.455. The molecular weight excluding hydrogens is 376 g/mol. The lowest BCUT2D eigenvalue weighted by Crippen LogP contribution is -2.45. The number of hydrogen-bond acceptors (Lipinski definition) is 5. The third-order valence-corrected chi connectivity index (χ3v) is 5.60. The van der Waals surface area contributed by atoms with Gasteiger partial charge in [-0.15, -0.1) is 0 Å². The number of pyridine rings is 1. The molecule has 2 aromatic heterocycles. The first-order valence-electron chi connectivity index (χ1n) is 10.6. The van der Waals surface area contributed by atoms with Gasteiger partial charge in [0.05, 0.1) is 12.1 Å². The van der Waals surface area contributed by atoms with Gasteiger partial charge in [-0.25, -0.2) is 15.0 Å². The van der Waals surface area contributed by atoms with Crippen molar-refractivity contribution < 1.29 is 0 Å². The maximum Gasteiger partial charge on any atom is 0.194 e.